The van der Waals surface area contributed by atoms with E-state index in [9.17, 15) is 0 Å². The number of anilines is 1. The summed E-state index contributed by atoms with van der Waals surface area (Å²) in [5.74, 6) is 1.88. The van der Waals surface area contributed by atoms with E-state index >= 15 is 0 Å². The van der Waals surface area contributed by atoms with E-state index in [4.69, 9.17) is 21.3 Å². The van der Waals surface area contributed by atoms with Gasteiger partial charge >= 0.3 is 0 Å². The van der Waals surface area contributed by atoms with Gasteiger partial charge in [-0.2, -0.15) is 0 Å². The first-order valence-electron chi connectivity index (χ1n) is 17.1. The Kier molecular flexibility index (Phi) is 8.82. The van der Waals surface area contributed by atoms with Crippen molar-refractivity contribution in [1.29, 1.82) is 0 Å². The molecule has 0 radical (unpaired) electrons. The number of likely N-dealkylation sites (N-methyl/N-ethyl adjacent to an activating group) is 1. The third-order valence-electron chi connectivity index (χ3n) is 9.74. The predicted molar refractivity (Wildman–Crippen MR) is 202 cm³/mol. The third-order valence-corrected chi connectivity index (χ3v) is 9.98. The van der Waals surface area contributed by atoms with Gasteiger partial charge in [-0.3, -0.25) is 0 Å². The van der Waals surface area contributed by atoms with Crippen molar-refractivity contribution in [3.8, 4) is 16.9 Å². The minimum absolute atomic E-state index is 0.0109. The van der Waals surface area contributed by atoms with Crippen LogP contribution in [0.1, 0.15) is 30.1 Å². The molecule has 3 aromatic heterocycles. The van der Waals surface area contributed by atoms with Crippen molar-refractivity contribution >= 4 is 50.0 Å². The van der Waals surface area contributed by atoms with Crippen LogP contribution in [0, 0.1) is 0 Å². The van der Waals surface area contributed by atoms with E-state index in [0.717, 1.165) is 68.0 Å². The first kappa shape index (κ1) is 31.2. The molecule has 9 rings (SSSR count). The number of piperazine rings is 1. The number of halogens is 1. The van der Waals surface area contributed by atoms with Crippen LogP contribution in [0.25, 0.3) is 43.7 Å². The molecule has 0 spiro atoms. The van der Waals surface area contributed by atoms with Crippen LogP contribution in [0.5, 0.6) is 5.75 Å². The molecule has 0 N–H and O–H groups in total. The van der Waals surface area contributed by atoms with Crippen LogP contribution in [0.15, 0.2) is 122 Å². The van der Waals surface area contributed by atoms with Crippen molar-refractivity contribution in [2.75, 3.05) is 38.1 Å². The van der Waals surface area contributed by atoms with Crippen LogP contribution in [-0.4, -0.2) is 53.1 Å². The number of benzene rings is 4. The fourth-order valence-electron chi connectivity index (χ4n) is 7.23. The summed E-state index contributed by atoms with van der Waals surface area (Å²) in [5.41, 5.74) is 5.97. The summed E-state index contributed by atoms with van der Waals surface area (Å²) in [7, 11) is 2.19. The number of hydrogen-bond acceptors (Lipinski definition) is 6. The molecule has 1 aliphatic heterocycles. The lowest BCUT2D eigenvalue weighted by molar-refractivity contribution is 0.185. The zero-order valence-electron chi connectivity index (χ0n) is 27.6. The highest BCUT2D eigenvalue weighted by Crippen LogP contribution is 2.43. The van der Waals surface area contributed by atoms with E-state index in [1.807, 2.05) is 54.7 Å². The molecule has 1 aliphatic carbocycles. The van der Waals surface area contributed by atoms with Gasteiger partial charge < -0.3 is 14.5 Å². The topological polar surface area (TPSA) is 54.4 Å². The Balaban J connectivity index is 0.000000298. The normalized spacial score (nSPS) is 16.3. The lowest BCUT2D eigenvalue weighted by atomic mass is 9.83. The van der Waals surface area contributed by atoms with Crippen molar-refractivity contribution in [3.05, 3.63) is 138 Å². The molecule has 4 heterocycles. The molecule has 1 saturated heterocycles. The molecule has 0 saturated carbocycles. The molecule has 0 bridgehead atoms. The van der Waals surface area contributed by atoms with Gasteiger partial charge in [0.2, 0.25) is 0 Å². The minimum atomic E-state index is -0.0109. The van der Waals surface area contributed by atoms with E-state index in [1.165, 1.54) is 43.8 Å². The molecule has 244 valence electrons. The second-order valence-electron chi connectivity index (χ2n) is 12.9. The Morgan fingerprint density at radius 2 is 1.47 bits per heavy atom. The number of ether oxygens (including phenoxy) is 1. The summed E-state index contributed by atoms with van der Waals surface area (Å²) in [5, 5.41) is 6.89. The highest BCUT2D eigenvalue weighted by Gasteiger charge is 2.26. The van der Waals surface area contributed by atoms with E-state index in [-0.39, 0.29) is 6.10 Å². The van der Waals surface area contributed by atoms with E-state index in [0.29, 0.717) is 5.02 Å². The summed E-state index contributed by atoms with van der Waals surface area (Å²) >= 11 is 6.30. The van der Waals surface area contributed by atoms with Crippen molar-refractivity contribution < 1.29 is 4.74 Å². The van der Waals surface area contributed by atoms with E-state index in [2.05, 4.69) is 81.4 Å². The van der Waals surface area contributed by atoms with Crippen molar-refractivity contribution in [2.45, 2.75) is 25.4 Å². The van der Waals surface area contributed by atoms with Crippen LogP contribution in [0.4, 0.5) is 5.82 Å². The van der Waals surface area contributed by atoms with Crippen molar-refractivity contribution in [1.82, 2.24) is 19.9 Å². The number of rotatable bonds is 4. The number of pyridine rings is 3. The van der Waals surface area contributed by atoms with Gasteiger partial charge in [-0.05, 0) is 125 Å². The molecule has 7 heteroatoms. The van der Waals surface area contributed by atoms with Gasteiger partial charge in [-0.25, -0.2) is 15.0 Å². The summed E-state index contributed by atoms with van der Waals surface area (Å²) in [6.45, 7) is 4.12. The average molecular weight is 664 g/mol. The summed E-state index contributed by atoms with van der Waals surface area (Å²) in [6, 6.07) is 35.8. The third kappa shape index (κ3) is 6.54. The molecule has 7 aromatic rings. The van der Waals surface area contributed by atoms with E-state index < -0.39 is 0 Å². The smallest absolute Gasteiger partial charge is 0.159 e. The van der Waals surface area contributed by atoms with Gasteiger partial charge in [-0.1, -0.05) is 54.1 Å². The SMILES string of the molecule is CN1CCN(c2cc(-c3cc4c5c(ccc4c4ccccc34)CCCC5Oc3cccc(Cl)c3)ccn2)CC1.c1cnc2ncccc2c1. The van der Waals surface area contributed by atoms with Gasteiger partial charge in [0, 0.05) is 60.7 Å². The summed E-state index contributed by atoms with van der Waals surface area (Å²) < 4.78 is 6.63. The number of fused-ring (bicyclic) bond motifs is 6. The van der Waals surface area contributed by atoms with E-state index in [1.54, 1.807) is 12.4 Å². The average Bonchev–Trinajstić information content (AvgIpc) is 3.15. The molecule has 4 aromatic carbocycles. The zero-order valence-corrected chi connectivity index (χ0v) is 28.4. The zero-order chi connectivity index (χ0) is 33.2. The summed E-state index contributed by atoms with van der Waals surface area (Å²) in [6.07, 6.45) is 8.62. The lowest BCUT2D eigenvalue weighted by Crippen LogP contribution is -2.44. The van der Waals surface area contributed by atoms with Gasteiger partial charge in [0.25, 0.3) is 0 Å². The quantitative estimate of drug-likeness (QED) is 0.175. The first-order valence-corrected chi connectivity index (χ1v) is 17.4. The molecule has 49 heavy (non-hydrogen) atoms. The Bertz CT molecular complexity index is 2200. The lowest BCUT2D eigenvalue weighted by Gasteiger charge is -2.33. The number of hydrogen-bond donors (Lipinski definition) is 0. The number of nitrogens with zero attached hydrogens (tertiary/aromatic N) is 5. The molecule has 2 aliphatic rings. The van der Waals surface area contributed by atoms with Gasteiger partial charge in [0.15, 0.2) is 5.65 Å². The molecule has 1 fully saturated rings. The molecule has 0 amide bonds. The predicted octanol–water partition coefficient (Wildman–Crippen LogP) is 9.55. The number of aryl methyl sites for hydroxylation is 1. The minimum Gasteiger partial charge on any atom is -0.486 e. The maximum absolute atomic E-state index is 6.63. The monoisotopic (exact) mass is 663 g/mol. The first-order chi connectivity index (χ1) is 24.1. The number of aromatic nitrogens is 3. The Hall–Kier alpha value is -5.04. The Labute approximate surface area is 292 Å². The fourth-order valence-corrected chi connectivity index (χ4v) is 7.41. The second-order valence-corrected chi connectivity index (χ2v) is 13.3. The van der Waals surface area contributed by atoms with Crippen LogP contribution in [-0.2, 0) is 6.42 Å². The molecular weight excluding hydrogens is 626 g/mol. The maximum atomic E-state index is 6.63. The largest absolute Gasteiger partial charge is 0.486 e. The fraction of sp³-hybridized carbons (Fsp3) is 0.214. The maximum Gasteiger partial charge on any atom is 0.159 e. The molecule has 1 unspecified atom stereocenters. The van der Waals surface area contributed by atoms with Gasteiger partial charge in [0.1, 0.15) is 17.7 Å². The standard InChI is InChI=1S/C34H32ClN3O.C8H6N2/c1-37-16-18-38(19-17-37)33-20-24(14-15-36-33)30-22-31-29(27-9-2-3-10-28(27)30)13-12-23-6-4-11-32(34(23)31)39-26-8-5-7-25(35)21-26;1-3-7-4-2-6-10-8(7)9-5-1/h2-3,5,7-10,12-15,20-22,32H,4,6,11,16-19H2,1H3;1-6H. The Morgan fingerprint density at radius 3 is 2.24 bits per heavy atom. The molecular formula is C42H38ClN5O. The summed E-state index contributed by atoms with van der Waals surface area (Å²) in [4.78, 5) is 17.7. The van der Waals surface area contributed by atoms with Crippen LogP contribution in [0.3, 0.4) is 0 Å². The van der Waals surface area contributed by atoms with Crippen LogP contribution in [0.2, 0.25) is 5.02 Å². The highest BCUT2D eigenvalue weighted by molar-refractivity contribution is 6.30. The molecule has 1 atom stereocenters. The molecule has 6 nitrogen and oxygen atoms in total. The van der Waals surface area contributed by atoms with Crippen LogP contribution >= 0.6 is 11.6 Å². The van der Waals surface area contributed by atoms with Crippen molar-refractivity contribution in [2.24, 2.45) is 0 Å². The van der Waals surface area contributed by atoms with Gasteiger partial charge in [0.05, 0.1) is 0 Å². The Morgan fingerprint density at radius 1 is 0.694 bits per heavy atom. The highest BCUT2D eigenvalue weighted by atomic mass is 35.5. The van der Waals surface area contributed by atoms with Crippen LogP contribution < -0.4 is 9.64 Å². The van der Waals surface area contributed by atoms with Gasteiger partial charge in [-0.15, -0.1) is 0 Å². The second kappa shape index (κ2) is 13.8. The van der Waals surface area contributed by atoms with Crippen molar-refractivity contribution in [3.63, 3.8) is 0 Å².